The second-order valence-electron chi connectivity index (χ2n) is 8.17. The first-order chi connectivity index (χ1) is 17.4. The molecule has 2 aromatic carbocycles. The summed E-state index contributed by atoms with van der Waals surface area (Å²) in [6.07, 6.45) is 1.61. The van der Waals surface area contributed by atoms with E-state index in [0.717, 1.165) is 22.1 Å². The van der Waals surface area contributed by atoms with E-state index in [1.807, 2.05) is 0 Å². The Bertz CT molecular complexity index is 1360. The third-order valence-electron chi connectivity index (χ3n) is 5.88. The van der Waals surface area contributed by atoms with Crippen LogP contribution in [0.3, 0.4) is 0 Å². The highest BCUT2D eigenvalue weighted by molar-refractivity contribution is 5.91. The molecule has 1 atom stereocenters. The van der Waals surface area contributed by atoms with E-state index >= 15 is 0 Å². The number of methoxy groups -OCH3 is 3. The molecule has 11 heteroatoms. The summed E-state index contributed by atoms with van der Waals surface area (Å²) in [7, 11) is 4.48. The van der Waals surface area contributed by atoms with Crippen LogP contribution in [0.2, 0.25) is 0 Å². The third kappa shape index (κ3) is 5.25. The van der Waals surface area contributed by atoms with Gasteiger partial charge in [0.25, 0.3) is 11.5 Å². The van der Waals surface area contributed by atoms with E-state index in [2.05, 4.69) is 10.4 Å². The van der Waals surface area contributed by atoms with E-state index < -0.39 is 22.9 Å². The fraction of sp³-hybridized carbons (Fsp3) is 0.360. The Balaban J connectivity index is 1.80. The van der Waals surface area contributed by atoms with Crippen molar-refractivity contribution in [1.29, 1.82) is 0 Å². The number of aromatic nitrogens is 3. The summed E-state index contributed by atoms with van der Waals surface area (Å²) in [5, 5.41) is 6.86. The van der Waals surface area contributed by atoms with Gasteiger partial charge in [-0.15, -0.1) is 0 Å². The largest absolute Gasteiger partial charge is 0.497 e. The predicted octanol–water partition coefficient (Wildman–Crippen LogP) is 1.38. The Kier molecular flexibility index (Phi) is 7.69. The average molecular weight is 497 g/mol. The monoisotopic (exact) mass is 496 g/mol. The standard InChI is InChI=1S/C25H28N4O7/c1-33-18-7-4-6-16(12-18)15-28-24(31)22(23(30)26-14-19-8-5-11-36-19)27-29(25(28)32)17-9-10-20(34-2)21(13-17)35-3/h4,6-7,9-10,12-13,19H,5,8,11,14-15H2,1-3H3,(H,26,30). The fourth-order valence-electron chi connectivity index (χ4n) is 3.97. The first kappa shape index (κ1) is 25.0. The molecular weight excluding hydrogens is 468 g/mol. The van der Waals surface area contributed by atoms with Crippen molar-refractivity contribution in [3.8, 4) is 22.9 Å². The number of carbonyl (C=O) groups is 1. The van der Waals surface area contributed by atoms with E-state index in [9.17, 15) is 14.4 Å². The number of nitrogens with zero attached hydrogens (tertiary/aromatic N) is 3. The molecule has 1 aliphatic heterocycles. The smallest absolute Gasteiger partial charge is 0.352 e. The Hall–Kier alpha value is -4.12. The summed E-state index contributed by atoms with van der Waals surface area (Å²) < 4.78 is 23.4. The zero-order chi connectivity index (χ0) is 25.7. The van der Waals surface area contributed by atoms with E-state index in [4.69, 9.17) is 18.9 Å². The van der Waals surface area contributed by atoms with Crippen LogP contribution in [0.15, 0.2) is 52.1 Å². The Morgan fingerprint density at radius 1 is 1.08 bits per heavy atom. The highest BCUT2D eigenvalue weighted by Crippen LogP contribution is 2.28. The van der Waals surface area contributed by atoms with Crippen molar-refractivity contribution in [2.24, 2.45) is 0 Å². The van der Waals surface area contributed by atoms with E-state index in [0.29, 0.717) is 35.1 Å². The van der Waals surface area contributed by atoms with Crippen LogP contribution in [0.1, 0.15) is 28.9 Å². The molecule has 1 amide bonds. The summed E-state index contributed by atoms with van der Waals surface area (Å²) in [6, 6.07) is 11.7. The van der Waals surface area contributed by atoms with Gasteiger partial charge in [-0.1, -0.05) is 12.1 Å². The van der Waals surface area contributed by atoms with Gasteiger partial charge in [0, 0.05) is 19.2 Å². The van der Waals surface area contributed by atoms with Crippen LogP contribution in [0.25, 0.3) is 5.69 Å². The quantitative estimate of drug-likeness (QED) is 0.471. The number of carbonyl (C=O) groups excluding carboxylic acids is 1. The van der Waals surface area contributed by atoms with Gasteiger partial charge < -0.3 is 24.3 Å². The molecule has 1 N–H and O–H groups in total. The third-order valence-corrected chi connectivity index (χ3v) is 5.88. The van der Waals surface area contributed by atoms with Gasteiger partial charge in [0.2, 0.25) is 5.69 Å². The maximum atomic E-state index is 13.5. The number of nitrogens with one attached hydrogen (secondary N) is 1. The highest BCUT2D eigenvalue weighted by atomic mass is 16.5. The van der Waals surface area contributed by atoms with E-state index in [1.54, 1.807) is 42.5 Å². The second-order valence-corrected chi connectivity index (χ2v) is 8.17. The van der Waals surface area contributed by atoms with Crippen molar-refractivity contribution >= 4 is 5.91 Å². The Labute approximate surface area is 207 Å². The molecule has 0 spiro atoms. The van der Waals surface area contributed by atoms with Crippen molar-refractivity contribution < 1.29 is 23.7 Å². The van der Waals surface area contributed by atoms with E-state index in [1.165, 1.54) is 21.3 Å². The highest BCUT2D eigenvalue weighted by Gasteiger charge is 2.23. The number of hydrogen-bond acceptors (Lipinski definition) is 8. The molecule has 0 aliphatic carbocycles. The summed E-state index contributed by atoms with van der Waals surface area (Å²) in [6.45, 7) is 0.790. The van der Waals surface area contributed by atoms with Crippen LogP contribution in [0.5, 0.6) is 17.2 Å². The topological polar surface area (TPSA) is 123 Å². The summed E-state index contributed by atoms with van der Waals surface area (Å²) in [5.41, 5.74) is -0.991. The normalized spacial score (nSPS) is 14.9. The molecule has 1 aromatic heterocycles. The number of benzene rings is 2. The SMILES string of the molecule is COc1cccc(Cn2c(=O)c(C(=O)NCC3CCCO3)nn(-c3ccc(OC)c(OC)c3)c2=O)c1. The molecule has 4 rings (SSSR count). The lowest BCUT2D eigenvalue weighted by Crippen LogP contribution is -2.46. The molecule has 2 heterocycles. The maximum absolute atomic E-state index is 13.5. The van der Waals surface area contributed by atoms with Crippen LogP contribution in [-0.4, -0.2) is 60.8 Å². The van der Waals surface area contributed by atoms with Crippen molar-refractivity contribution in [2.45, 2.75) is 25.5 Å². The Morgan fingerprint density at radius 3 is 2.58 bits per heavy atom. The number of amides is 1. The molecule has 36 heavy (non-hydrogen) atoms. The molecule has 0 radical (unpaired) electrons. The number of hydrogen-bond donors (Lipinski definition) is 1. The molecule has 3 aromatic rings. The van der Waals surface area contributed by atoms with Crippen molar-refractivity contribution in [3.63, 3.8) is 0 Å². The van der Waals surface area contributed by atoms with Crippen LogP contribution in [0.4, 0.5) is 0 Å². The van der Waals surface area contributed by atoms with Gasteiger partial charge in [-0.2, -0.15) is 9.78 Å². The zero-order valence-corrected chi connectivity index (χ0v) is 20.4. The lowest BCUT2D eigenvalue weighted by Gasteiger charge is -2.15. The zero-order valence-electron chi connectivity index (χ0n) is 20.4. The molecule has 1 unspecified atom stereocenters. The fourth-order valence-corrected chi connectivity index (χ4v) is 3.97. The van der Waals surface area contributed by atoms with Gasteiger partial charge in [-0.05, 0) is 42.7 Å². The number of ether oxygens (including phenoxy) is 4. The molecule has 190 valence electrons. The first-order valence-electron chi connectivity index (χ1n) is 11.4. The van der Waals surface area contributed by atoms with Gasteiger partial charge in [-0.3, -0.25) is 14.2 Å². The maximum Gasteiger partial charge on any atom is 0.352 e. The summed E-state index contributed by atoms with van der Waals surface area (Å²) in [5.74, 6) is 0.695. The van der Waals surface area contributed by atoms with Crippen LogP contribution in [0, 0.1) is 0 Å². The van der Waals surface area contributed by atoms with Gasteiger partial charge >= 0.3 is 5.69 Å². The number of rotatable bonds is 9. The van der Waals surface area contributed by atoms with Gasteiger partial charge in [0.1, 0.15) is 5.75 Å². The molecule has 11 nitrogen and oxygen atoms in total. The lowest BCUT2D eigenvalue weighted by molar-refractivity contribution is 0.0849. The molecule has 0 saturated carbocycles. The molecule has 1 saturated heterocycles. The summed E-state index contributed by atoms with van der Waals surface area (Å²) in [4.78, 5) is 39.8. The average Bonchev–Trinajstić information content (AvgIpc) is 3.43. The minimum atomic E-state index is -0.801. The van der Waals surface area contributed by atoms with E-state index in [-0.39, 0.29) is 19.2 Å². The van der Waals surface area contributed by atoms with Crippen molar-refractivity contribution in [3.05, 3.63) is 74.6 Å². The van der Waals surface area contributed by atoms with Crippen LogP contribution >= 0.6 is 0 Å². The van der Waals surface area contributed by atoms with Gasteiger partial charge in [0.15, 0.2) is 11.5 Å². The molecule has 0 bridgehead atoms. The van der Waals surface area contributed by atoms with Crippen molar-refractivity contribution in [2.75, 3.05) is 34.5 Å². The second kappa shape index (κ2) is 11.1. The van der Waals surface area contributed by atoms with Crippen LogP contribution in [-0.2, 0) is 11.3 Å². The minimum Gasteiger partial charge on any atom is -0.497 e. The first-order valence-corrected chi connectivity index (χ1v) is 11.4. The van der Waals surface area contributed by atoms with Crippen molar-refractivity contribution in [1.82, 2.24) is 19.7 Å². The molecule has 1 fully saturated rings. The van der Waals surface area contributed by atoms with Crippen LogP contribution < -0.4 is 30.8 Å². The summed E-state index contributed by atoms with van der Waals surface area (Å²) >= 11 is 0. The molecular formula is C25H28N4O7. The molecule has 1 aliphatic rings. The predicted molar refractivity (Wildman–Crippen MR) is 131 cm³/mol. The van der Waals surface area contributed by atoms with Gasteiger partial charge in [-0.25, -0.2) is 4.79 Å². The minimum absolute atomic E-state index is 0.0866. The lowest BCUT2D eigenvalue weighted by atomic mass is 10.2. The Morgan fingerprint density at radius 2 is 1.89 bits per heavy atom. The van der Waals surface area contributed by atoms with Gasteiger partial charge in [0.05, 0.1) is 39.7 Å².